The maximum absolute atomic E-state index is 12.5. The van der Waals surface area contributed by atoms with Crippen molar-refractivity contribution in [1.29, 1.82) is 0 Å². The van der Waals surface area contributed by atoms with Gasteiger partial charge in [-0.25, -0.2) is 0 Å². The Kier molecular flexibility index (Phi) is 5.09. The van der Waals surface area contributed by atoms with Crippen LogP contribution in [-0.2, 0) is 0 Å². The van der Waals surface area contributed by atoms with Gasteiger partial charge in [-0.15, -0.1) is 5.10 Å². The van der Waals surface area contributed by atoms with Crippen LogP contribution in [0.4, 0.5) is 6.01 Å². The van der Waals surface area contributed by atoms with Crippen molar-refractivity contribution in [2.24, 2.45) is 0 Å². The first-order chi connectivity index (χ1) is 15.7. The molecule has 1 amide bonds. The van der Waals surface area contributed by atoms with E-state index >= 15 is 0 Å². The largest absolute Gasteiger partial charge is 0.486 e. The first-order valence-corrected chi connectivity index (χ1v) is 9.92. The van der Waals surface area contributed by atoms with E-state index in [0.717, 1.165) is 0 Å². The smallest absolute Gasteiger partial charge is 0.322 e. The van der Waals surface area contributed by atoms with Gasteiger partial charge in [-0.2, -0.15) is 0 Å². The van der Waals surface area contributed by atoms with Crippen molar-refractivity contribution in [3.05, 3.63) is 89.5 Å². The second kappa shape index (κ2) is 8.35. The van der Waals surface area contributed by atoms with Gasteiger partial charge in [0.25, 0.3) is 5.91 Å². The molecule has 0 fully saturated rings. The van der Waals surface area contributed by atoms with E-state index in [4.69, 9.17) is 13.9 Å². The van der Waals surface area contributed by atoms with Gasteiger partial charge >= 0.3 is 6.01 Å². The number of ether oxygens (including phenoxy) is 2. The van der Waals surface area contributed by atoms with Crippen molar-refractivity contribution in [2.75, 3.05) is 18.5 Å². The molecule has 158 valence electrons. The summed E-state index contributed by atoms with van der Waals surface area (Å²) in [4.78, 5) is 25.0. The summed E-state index contributed by atoms with van der Waals surface area (Å²) in [5, 5.41) is 10.4. The van der Waals surface area contributed by atoms with Crippen LogP contribution < -0.4 is 14.8 Å². The Bertz CT molecular complexity index is 1280. The molecule has 4 aromatic rings. The van der Waals surface area contributed by atoms with Crippen LogP contribution in [0.1, 0.15) is 26.3 Å². The number of ketones is 1. The standard InChI is InChI=1S/C24H17N3O5/c28-21(15-4-2-1-3-5-15)16-6-8-17(9-7-16)22(29)25-24-27-26-23(32-24)18-10-11-19-20(14-18)31-13-12-30-19/h1-11,14H,12-13H2,(H,25,27,29). The van der Waals surface area contributed by atoms with Crippen LogP contribution in [0.3, 0.4) is 0 Å². The van der Waals surface area contributed by atoms with Gasteiger partial charge in [0.1, 0.15) is 13.2 Å². The monoisotopic (exact) mass is 427 g/mol. The summed E-state index contributed by atoms with van der Waals surface area (Å²) in [6, 6.07) is 20.6. The molecular weight excluding hydrogens is 410 g/mol. The Morgan fingerprint density at radius 3 is 2.22 bits per heavy atom. The zero-order chi connectivity index (χ0) is 21.9. The Morgan fingerprint density at radius 1 is 0.750 bits per heavy atom. The van der Waals surface area contributed by atoms with Crippen LogP contribution in [0.2, 0.25) is 0 Å². The van der Waals surface area contributed by atoms with Crippen LogP contribution in [0, 0.1) is 0 Å². The molecule has 3 aromatic carbocycles. The van der Waals surface area contributed by atoms with Crippen molar-refractivity contribution in [1.82, 2.24) is 10.2 Å². The van der Waals surface area contributed by atoms with Gasteiger partial charge in [0, 0.05) is 22.3 Å². The van der Waals surface area contributed by atoms with E-state index < -0.39 is 5.91 Å². The van der Waals surface area contributed by atoms with Gasteiger partial charge in [0.15, 0.2) is 17.3 Å². The lowest BCUT2D eigenvalue weighted by atomic mass is 10.0. The average molecular weight is 427 g/mol. The second-order valence-corrected chi connectivity index (χ2v) is 7.00. The lowest BCUT2D eigenvalue weighted by Crippen LogP contribution is -2.15. The van der Waals surface area contributed by atoms with E-state index in [2.05, 4.69) is 15.5 Å². The van der Waals surface area contributed by atoms with Crippen molar-refractivity contribution in [2.45, 2.75) is 0 Å². The predicted molar refractivity (Wildman–Crippen MR) is 115 cm³/mol. The molecule has 2 heterocycles. The van der Waals surface area contributed by atoms with E-state index in [1.165, 1.54) is 0 Å². The molecule has 0 aliphatic carbocycles. The summed E-state index contributed by atoms with van der Waals surface area (Å²) in [7, 11) is 0. The van der Waals surface area contributed by atoms with E-state index in [1.54, 1.807) is 66.7 Å². The molecule has 0 atom stereocenters. The first kappa shape index (κ1) is 19.5. The summed E-state index contributed by atoms with van der Waals surface area (Å²) >= 11 is 0. The van der Waals surface area contributed by atoms with E-state index in [1.807, 2.05) is 6.07 Å². The number of aromatic nitrogens is 2. The molecule has 1 aromatic heterocycles. The topological polar surface area (TPSA) is 104 Å². The highest BCUT2D eigenvalue weighted by molar-refractivity contribution is 6.10. The number of hydrogen-bond donors (Lipinski definition) is 1. The molecule has 1 aliphatic heterocycles. The zero-order valence-electron chi connectivity index (χ0n) is 16.8. The Labute approximate surface area is 182 Å². The lowest BCUT2D eigenvalue weighted by Gasteiger charge is -2.18. The van der Waals surface area contributed by atoms with Gasteiger partial charge in [-0.3, -0.25) is 14.9 Å². The fraction of sp³-hybridized carbons (Fsp3) is 0.0833. The number of nitrogens with one attached hydrogen (secondary N) is 1. The predicted octanol–water partition coefficient (Wildman–Crippen LogP) is 3.99. The highest BCUT2D eigenvalue weighted by Gasteiger charge is 2.17. The number of hydrogen-bond acceptors (Lipinski definition) is 7. The Hall–Kier alpha value is -4.46. The van der Waals surface area contributed by atoms with Gasteiger partial charge in [-0.05, 0) is 30.3 Å². The van der Waals surface area contributed by atoms with Crippen LogP contribution in [0.25, 0.3) is 11.5 Å². The Morgan fingerprint density at radius 2 is 1.44 bits per heavy atom. The highest BCUT2D eigenvalue weighted by Crippen LogP contribution is 2.34. The van der Waals surface area contributed by atoms with Crippen LogP contribution in [0.5, 0.6) is 11.5 Å². The van der Waals surface area contributed by atoms with Crippen molar-refractivity contribution >= 4 is 17.7 Å². The van der Waals surface area contributed by atoms with Crippen molar-refractivity contribution in [3.8, 4) is 23.0 Å². The van der Waals surface area contributed by atoms with Gasteiger partial charge < -0.3 is 13.9 Å². The number of benzene rings is 3. The van der Waals surface area contributed by atoms with Gasteiger partial charge in [0.2, 0.25) is 5.89 Å². The number of nitrogens with zero attached hydrogens (tertiary/aromatic N) is 2. The highest BCUT2D eigenvalue weighted by atomic mass is 16.6. The Balaban J connectivity index is 1.28. The molecule has 5 rings (SSSR count). The van der Waals surface area contributed by atoms with E-state index in [9.17, 15) is 9.59 Å². The van der Waals surface area contributed by atoms with Crippen LogP contribution >= 0.6 is 0 Å². The fourth-order valence-corrected chi connectivity index (χ4v) is 3.27. The summed E-state index contributed by atoms with van der Waals surface area (Å²) in [6.07, 6.45) is 0. The normalized spacial score (nSPS) is 12.2. The quantitative estimate of drug-likeness (QED) is 0.480. The van der Waals surface area contributed by atoms with Crippen molar-refractivity contribution < 1.29 is 23.5 Å². The number of rotatable bonds is 5. The molecule has 0 saturated heterocycles. The maximum Gasteiger partial charge on any atom is 0.322 e. The molecular formula is C24H17N3O5. The van der Waals surface area contributed by atoms with E-state index in [-0.39, 0.29) is 17.7 Å². The average Bonchev–Trinajstić information content (AvgIpc) is 3.32. The number of amides is 1. The molecule has 0 saturated carbocycles. The van der Waals surface area contributed by atoms with E-state index in [0.29, 0.717) is 47.0 Å². The van der Waals surface area contributed by atoms with Gasteiger partial charge in [-0.1, -0.05) is 47.6 Å². The van der Waals surface area contributed by atoms with Gasteiger partial charge in [0.05, 0.1) is 0 Å². The van der Waals surface area contributed by atoms with Crippen LogP contribution in [-0.4, -0.2) is 35.1 Å². The third-order valence-corrected chi connectivity index (χ3v) is 4.88. The molecule has 0 unspecified atom stereocenters. The number of carbonyl (C=O) groups excluding carboxylic acids is 2. The molecule has 8 heteroatoms. The minimum absolute atomic E-state index is 0.0377. The molecule has 0 radical (unpaired) electrons. The summed E-state index contributed by atoms with van der Waals surface area (Å²) in [6.45, 7) is 0.974. The number of fused-ring (bicyclic) bond motifs is 1. The fourth-order valence-electron chi connectivity index (χ4n) is 3.27. The molecule has 1 N–H and O–H groups in total. The third-order valence-electron chi connectivity index (χ3n) is 4.88. The number of carbonyl (C=O) groups is 2. The molecule has 0 bridgehead atoms. The van der Waals surface area contributed by atoms with Crippen LogP contribution in [0.15, 0.2) is 77.2 Å². The lowest BCUT2D eigenvalue weighted by molar-refractivity contribution is 0.101. The minimum atomic E-state index is -0.430. The molecule has 0 spiro atoms. The zero-order valence-corrected chi connectivity index (χ0v) is 16.8. The summed E-state index contributed by atoms with van der Waals surface area (Å²) < 4.78 is 16.6. The third kappa shape index (κ3) is 3.93. The summed E-state index contributed by atoms with van der Waals surface area (Å²) in [5.74, 6) is 0.950. The SMILES string of the molecule is O=C(Nc1nnc(-c2ccc3c(c2)OCCO3)o1)c1ccc(C(=O)c2ccccc2)cc1. The summed E-state index contributed by atoms with van der Waals surface area (Å²) in [5.41, 5.74) is 2.08. The van der Waals surface area contributed by atoms with Crippen molar-refractivity contribution in [3.63, 3.8) is 0 Å². The maximum atomic E-state index is 12.5. The number of anilines is 1. The molecule has 32 heavy (non-hydrogen) atoms. The molecule has 8 nitrogen and oxygen atoms in total. The first-order valence-electron chi connectivity index (χ1n) is 9.92. The minimum Gasteiger partial charge on any atom is -0.486 e. The second-order valence-electron chi connectivity index (χ2n) is 7.00. The molecule has 1 aliphatic rings.